The van der Waals surface area contributed by atoms with Gasteiger partial charge in [0.15, 0.2) is 0 Å². The summed E-state index contributed by atoms with van der Waals surface area (Å²) in [4.78, 5) is 2.08. The number of nitrogens with one attached hydrogen (secondary N) is 1. The van der Waals surface area contributed by atoms with Crippen LogP contribution in [0.5, 0.6) is 5.75 Å². The van der Waals surface area contributed by atoms with Crippen molar-refractivity contribution in [2.75, 3.05) is 39.2 Å². The molecular weight excluding hydrogens is 200 g/mol. The Morgan fingerprint density at radius 3 is 2.75 bits per heavy atom. The van der Waals surface area contributed by atoms with Gasteiger partial charge in [0.25, 0.3) is 0 Å². The van der Waals surface area contributed by atoms with Crippen LogP contribution in [0, 0.1) is 0 Å². The van der Waals surface area contributed by atoms with Crippen molar-refractivity contribution in [3.8, 4) is 5.75 Å². The number of ether oxygens (including phenoxy) is 1. The summed E-state index contributed by atoms with van der Waals surface area (Å²) in [7, 11) is 6.04. The molecule has 16 heavy (non-hydrogen) atoms. The monoisotopic (exact) mass is 222 g/mol. The minimum absolute atomic E-state index is 0.790. The molecule has 1 aromatic rings. The Bertz CT molecular complexity index is 300. The molecule has 0 aliphatic heterocycles. The molecule has 1 rings (SSSR count). The molecule has 90 valence electrons. The molecule has 0 bridgehead atoms. The maximum atomic E-state index is 5.69. The molecule has 1 aromatic carbocycles. The quantitative estimate of drug-likeness (QED) is 0.715. The Hall–Kier alpha value is -1.22. The highest BCUT2D eigenvalue weighted by Crippen LogP contribution is 2.19. The largest absolute Gasteiger partial charge is 0.494 e. The van der Waals surface area contributed by atoms with Crippen molar-refractivity contribution < 1.29 is 4.74 Å². The first-order valence-corrected chi connectivity index (χ1v) is 5.79. The van der Waals surface area contributed by atoms with E-state index < -0.39 is 0 Å². The highest BCUT2D eigenvalue weighted by Gasteiger charge is 1.98. The summed E-state index contributed by atoms with van der Waals surface area (Å²) in [5.41, 5.74) is 1.17. The van der Waals surface area contributed by atoms with Crippen LogP contribution in [0.1, 0.15) is 12.8 Å². The van der Waals surface area contributed by atoms with E-state index in [9.17, 15) is 0 Å². The van der Waals surface area contributed by atoms with Crippen LogP contribution in [0.4, 0.5) is 5.69 Å². The maximum absolute atomic E-state index is 5.69. The Morgan fingerprint density at radius 2 is 2.06 bits per heavy atom. The van der Waals surface area contributed by atoms with Gasteiger partial charge in [-0.25, -0.2) is 0 Å². The van der Waals surface area contributed by atoms with Gasteiger partial charge in [0, 0.05) is 25.8 Å². The average Bonchev–Trinajstić information content (AvgIpc) is 2.29. The van der Waals surface area contributed by atoms with Crippen molar-refractivity contribution in [2.45, 2.75) is 12.8 Å². The van der Waals surface area contributed by atoms with Gasteiger partial charge in [-0.2, -0.15) is 0 Å². The van der Waals surface area contributed by atoms with Crippen molar-refractivity contribution in [3.05, 3.63) is 24.3 Å². The van der Waals surface area contributed by atoms with Crippen molar-refractivity contribution in [2.24, 2.45) is 0 Å². The SMILES string of the molecule is CNCCCCOc1cccc(N(C)C)c1. The molecule has 0 amide bonds. The third-order valence-corrected chi connectivity index (χ3v) is 2.42. The molecule has 0 fully saturated rings. The number of hydrogen-bond acceptors (Lipinski definition) is 3. The van der Waals surface area contributed by atoms with Gasteiger partial charge in [-0.1, -0.05) is 6.07 Å². The van der Waals surface area contributed by atoms with Crippen molar-refractivity contribution in [1.29, 1.82) is 0 Å². The van der Waals surface area contributed by atoms with Gasteiger partial charge >= 0.3 is 0 Å². The van der Waals surface area contributed by atoms with Crippen LogP contribution in [0.3, 0.4) is 0 Å². The summed E-state index contributed by atoms with van der Waals surface area (Å²) in [5, 5.41) is 3.13. The zero-order valence-corrected chi connectivity index (χ0v) is 10.5. The third-order valence-electron chi connectivity index (χ3n) is 2.42. The highest BCUT2D eigenvalue weighted by atomic mass is 16.5. The predicted molar refractivity (Wildman–Crippen MR) is 69.4 cm³/mol. The maximum Gasteiger partial charge on any atom is 0.121 e. The van der Waals surface area contributed by atoms with E-state index in [0.717, 1.165) is 31.7 Å². The van der Waals surface area contributed by atoms with Gasteiger partial charge in [-0.15, -0.1) is 0 Å². The van der Waals surface area contributed by atoms with E-state index >= 15 is 0 Å². The summed E-state index contributed by atoms with van der Waals surface area (Å²) in [5.74, 6) is 0.954. The van der Waals surface area contributed by atoms with Crippen molar-refractivity contribution in [1.82, 2.24) is 5.32 Å². The van der Waals surface area contributed by atoms with Crippen LogP contribution in [-0.2, 0) is 0 Å². The Labute approximate surface area is 98.4 Å². The lowest BCUT2D eigenvalue weighted by atomic mass is 10.3. The molecule has 3 nitrogen and oxygen atoms in total. The van der Waals surface area contributed by atoms with Crippen LogP contribution in [-0.4, -0.2) is 34.3 Å². The first kappa shape index (κ1) is 12.8. The standard InChI is InChI=1S/C13H22N2O/c1-14-9-4-5-10-16-13-8-6-7-12(11-13)15(2)3/h6-8,11,14H,4-5,9-10H2,1-3H3. The van der Waals surface area contributed by atoms with E-state index in [0.29, 0.717) is 0 Å². The minimum Gasteiger partial charge on any atom is -0.494 e. The second-order valence-electron chi connectivity index (χ2n) is 4.05. The molecule has 0 unspecified atom stereocenters. The zero-order valence-electron chi connectivity index (χ0n) is 10.5. The van der Waals surface area contributed by atoms with Gasteiger partial charge in [0.2, 0.25) is 0 Å². The Balaban J connectivity index is 2.33. The van der Waals surface area contributed by atoms with Crippen LogP contribution in [0.2, 0.25) is 0 Å². The van der Waals surface area contributed by atoms with Crippen LogP contribution in [0.25, 0.3) is 0 Å². The van der Waals surface area contributed by atoms with Gasteiger partial charge in [0.1, 0.15) is 5.75 Å². The summed E-state index contributed by atoms with van der Waals surface area (Å²) in [6.45, 7) is 1.85. The average molecular weight is 222 g/mol. The van der Waals surface area contributed by atoms with Crippen LogP contribution < -0.4 is 15.0 Å². The summed E-state index contributed by atoms with van der Waals surface area (Å²) >= 11 is 0. The number of hydrogen-bond donors (Lipinski definition) is 1. The van der Waals surface area contributed by atoms with Gasteiger partial charge in [0.05, 0.1) is 6.61 Å². The lowest BCUT2D eigenvalue weighted by molar-refractivity contribution is 0.306. The fraction of sp³-hybridized carbons (Fsp3) is 0.538. The number of rotatable bonds is 7. The number of benzene rings is 1. The van der Waals surface area contributed by atoms with E-state index in [1.807, 2.05) is 33.3 Å². The van der Waals surface area contributed by atoms with Crippen molar-refractivity contribution >= 4 is 5.69 Å². The molecule has 0 saturated carbocycles. The van der Waals surface area contributed by atoms with E-state index in [1.165, 1.54) is 5.69 Å². The lowest BCUT2D eigenvalue weighted by Gasteiger charge is -2.14. The van der Waals surface area contributed by atoms with Crippen molar-refractivity contribution in [3.63, 3.8) is 0 Å². The van der Waals surface area contributed by atoms with E-state index in [2.05, 4.69) is 22.3 Å². The topological polar surface area (TPSA) is 24.5 Å². The van der Waals surface area contributed by atoms with Gasteiger partial charge in [-0.3, -0.25) is 0 Å². The van der Waals surface area contributed by atoms with Crippen LogP contribution >= 0.6 is 0 Å². The molecule has 0 aliphatic rings. The molecule has 0 atom stereocenters. The fourth-order valence-electron chi connectivity index (χ4n) is 1.45. The van der Waals surface area contributed by atoms with E-state index in [-0.39, 0.29) is 0 Å². The number of anilines is 1. The smallest absolute Gasteiger partial charge is 0.121 e. The molecule has 0 spiro atoms. The van der Waals surface area contributed by atoms with Gasteiger partial charge < -0.3 is 15.0 Å². The second-order valence-corrected chi connectivity index (χ2v) is 4.05. The molecule has 0 heterocycles. The molecule has 1 N–H and O–H groups in total. The lowest BCUT2D eigenvalue weighted by Crippen LogP contribution is -2.10. The Kier molecular flexibility index (Phi) is 5.72. The predicted octanol–water partition coefficient (Wildman–Crippen LogP) is 2.13. The molecule has 0 aliphatic carbocycles. The van der Waals surface area contributed by atoms with E-state index in [4.69, 9.17) is 4.74 Å². The molecule has 0 radical (unpaired) electrons. The zero-order chi connectivity index (χ0) is 11.8. The molecule has 0 aromatic heterocycles. The summed E-state index contributed by atoms with van der Waals surface area (Å²) in [6, 6.07) is 8.18. The number of nitrogens with zero attached hydrogens (tertiary/aromatic N) is 1. The minimum atomic E-state index is 0.790. The molecule has 3 heteroatoms. The van der Waals surface area contributed by atoms with E-state index in [1.54, 1.807) is 0 Å². The highest BCUT2D eigenvalue weighted by molar-refractivity contribution is 5.49. The third kappa shape index (κ3) is 4.53. The number of unbranched alkanes of at least 4 members (excludes halogenated alkanes) is 1. The van der Waals surface area contributed by atoms with Gasteiger partial charge in [-0.05, 0) is 38.6 Å². The first-order valence-electron chi connectivity index (χ1n) is 5.79. The molecule has 0 saturated heterocycles. The molecular formula is C13H22N2O. The summed E-state index contributed by atoms with van der Waals surface area (Å²) in [6.07, 6.45) is 2.25. The normalized spacial score (nSPS) is 10.2. The first-order chi connectivity index (χ1) is 7.74. The fourth-order valence-corrected chi connectivity index (χ4v) is 1.45. The van der Waals surface area contributed by atoms with Crippen LogP contribution in [0.15, 0.2) is 24.3 Å². The second kappa shape index (κ2) is 7.12. The Morgan fingerprint density at radius 1 is 1.25 bits per heavy atom. The summed E-state index contributed by atoms with van der Waals surface area (Å²) < 4.78 is 5.69.